The minimum Gasteiger partial charge on any atom is -0.756 e. The van der Waals surface area contributed by atoms with E-state index in [2.05, 4.69) is 116 Å². The van der Waals surface area contributed by atoms with Crippen LogP contribution < -0.4 is 10.2 Å². The number of nitrogens with one attached hydrogen (secondary N) is 1. The Morgan fingerprint density at radius 3 is 1.22 bits per heavy atom. The molecule has 0 bridgehead atoms. The number of hydrogen-bond donors (Lipinski definition) is 2. The van der Waals surface area contributed by atoms with Gasteiger partial charge in [0.15, 0.2) is 0 Å². The number of rotatable bonds is 56. The van der Waals surface area contributed by atoms with Crippen LogP contribution >= 0.6 is 7.82 Å². The van der Waals surface area contributed by atoms with Crippen LogP contribution in [-0.4, -0.2) is 68.5 Å². The van der Waals surface area contributed by atoms with E-state index < -0.39 is 26.6 Å². The number of aliphatic hydroxyl groups excluding tert-OH is 1. The zero-order valence-electron chi connectivity index (χ0n) is 49.9. The third-order valence-corrected chi connectivity index (χ3v) is 14.4. The first kappa shape index (κ1) is 73.2. The maximum absolute atomic E-state index is 13.0. The van der Waals surface area contributed by atoms with E-state index in [4.69, 9.17) is 9.05 Å². The fourth-order valence-electron chi connectivity index (χ4n) is 8.62. The van der Waals surface area contributed by atoms with E-state index in [0.29, 0.717) is 17.4 Å². The van der Waals surface area contributed by atoms with Crippen molar-refractivity contribution in [3.05, 3.63) is 109 Å². The Balaban J connectivity index is 4.27. The molecule has 3 unspecified atom stereocenters. The molecule has 76 heavy (non-hydrogen) atoms. The molecule has 0 rings (SSSR count). The molecular weight excluding hydrogens is 960 g/mol. The van der Waals surface area contributed by atoms with E-state index in [0.717, 1.165) is 96.3 Å². The zero-order valence-corrected chi connectivity index (χ0v) is 50.8. The lowest BCUT2D eigenvalue weighted by molar-refractivity contribution is -0.870. The first-order valence-corrected chi connectivity index (χ1v) is 32.7. The number of quaternary nitrogens is 1. The third-order valence-electron chi connectivity index (χ3n) is 13.5. The molecule has 0 aromatic rings. The van der Waals surface area contributed by atoms with Gasteiger partial charge in [-0.3, -0.25) is 9.36 Å². The molecule has 0 saturated heterocycles. The highest BCUT2D eigenvalue weighted by molar-refractivity contribution is 7.45. The van der Waals surface area contributed by atoms with Gasteiger partial charge >= 0.3 is 0 Å². The number of phosphoric ester groups is 1. The number of allylic oxidation sites excluding steroid dienone is 17. The molecule has 0 aliphatic heterocycles. The molecule has 0 aromatic heterocycles. The fraction of sp³-hybridized carbons (Fsp3) is 0.716. The summed E-state index contributed by atoms with van der Waals surface area (Å²) in [5, 5.41) is 13.9. The summed E-state index contributed by atoms with van der Waals surface area (Å²) in [5.41, 5.74) is 0. The number of carbonyl (C=O) groups is 1. The van der Waals surface area contributed by atoms with Crippen molar-refractivity contribution in [2.24, 2.45) is 0 Å². The summed E-state index contributed by atoms with van der Waals surface area (Å²) in [5.74, 6) is -0.221. The Morgan fingerprint density at radius 2 is 0.816 bits per heavy atom. The number of amides is 1. The van der Waals surface area contributed by atoms with Crippen molar-refractivity contribution in [3.8, 4) is 0 Å². The lowest BCUT2D eigenvalue weighted by atomic mass is 10.0. The van der Waals surface area contributed by atoms with Crippen molar-refractivity contribution in [1.82, 2.24) is 5.32 Å². The zero-order chi connectivity index (χ0) is 55.6. The minimum atomic E-state index is -4.62. The van der Waals surface area contributed by atoms with Crippen molar-refractivity contribution in [3.63, 3.8) is 0 Å². The molecule has 8 nitrogen and oxygen atoms in total. The molecule has 0 aromatic carbocycles. The fourth-order valence-corrected chi connectivity index (χ4v) is 9.34. The summed E-state index contributed by atoms with van der Waals surface area (Å²) in [6.45, 7) is 4.52. The SMILES string of the molecule is CC/C=C\C/C=C\C/C=C\C/C=C\C/C=C\C/C=C\C/C=C\CCCCCCCCCC(=O)NC(COP(=O)([O-])OCC[N+](C)(C)C)C(O)/C=C/CC/C=C/CCCCCCCCCCCCCCCCCCCCC. The lowest BCUT2D eigenvalue weighted by Gasteiger charge is -2.29. The van der Waals surface area contributed by atoms with Gasteiger partial charge in [0, 0.05) is 6.42 Å². The van der Waals surface area contributed by atoms with E-state index in [-0.39, 0.29) is 12.5 Å². The summed E-state index contributed by atoms with van der Waals surface area (Å²) in [7, 11) is 1.22. The Labute approximate surface area is 470 Å². The predicted molar refractivity (Wildman–Crippen MR) is 329 cm³/mol. The molecule has 0 spiro atoms. The quantitative estimate of drug-likeness (QED) is 0.0272. The van der Waals surface area contributed by atoms with Gasteiger partial charge in [0.1, 0.15) is 13.2 Å². The summed E-state index contributed by atoms with van der Waals surface area (Å²) in [6, 6.07) is -0.919. The molecule has 438 valence electrons. The van der Waals surface area contributed by atoms with Gasteiger partial charge in [0.2, 0.25) is 5.91 Å². The van der Waals surface area contributed by atoms with Gasteiger partial charge in [0.25, 0.3) is 7.82 Å². The van der Waals surface area contributed by atoms with Crippen molar-refractivity contribution in [2.45, 2.75) is 270 Å². The van der Waals surface area contributed by atoms with Gasteiger partial charge in [-0.25, -0.2) is 0 Å². The molecule has 0 aliphatic rings. The van der Waals surface area contributed by atoms with E-state index in [1.807, 2.05) is 27.2 Å². The highest BCUT2D eigenvalue weighted by Crippen LogP contribution is 2.38. The second-order valence-electron chi connectivity index (χ2n) is 22.0. The van der Waals surface area contributed by atoms with Crippen molar-refractivity contribution in [2.75, 3.05) is 40.9 Å². The van der Waals surface area contributed by atoms with E-state index >= 15 is 0 Å². The number of aliphatic hydroxyl groups is 1. The normalized spacial score (nSPS) is 14.6. The van der Waals surface area contributed by atoms with Crippen molar-refractivity contribution < 1.29 is 32.9 Å². The average Bonchev–Trinajstić information content (AvgIpc) is 3.38. The van der Waals surface area contributed by atoms with Crippen LogP contribution in [0.3, 0.4) is 0 Å². The summed E-state index contributed by atoms with van der Waals surface area (Å²) < 4.78 is 23.4. The Kier molecular flexibility index (Phi) is 54.7. The molecule has 0 fully saturated rings. The number of likely N-dealkylation sites (N-methyl/N-ethyl adjacent to an activating group) is 1. The highest BCUT2D eigenvalue weighted by Gasteiger charge is 2.23. The van der Waals surface area contributed by atoms with E-state index in [9.17, 15) is 19.4 Å². The van der Waals surface area contributed by atoms with Crippen LogP contribution in [0.25, 0.3) is 0 Å². The Bertz CT molecular complexity index is 1600. The third kappa shape index (κ3) is 58.8. The molecule has 3 atom stereocenters. The maximum Gasteiger partial charge on any atom is 0.268 e. The summed E-state index contributed by atoms with van der Waals surface area (Å²) in [6.07, 6.45) is 83.2. The molecule has 0 saturated carbocycles. The number of hydrogen-bond acceptors (Lipinski definition) is 6. The first-order chi connectivity index (χ1) is 37.0. The molecule has 0 heterocycles. The van der Waals surface area contributed by atoms with E-state index in [1.54, 1.807) is 6.08 Å². The van der Waals surface area contributed by atoms with Gasteiger partial charge in [-0.2, -0.15) is 0 Å². The first-order valence-electron chi connectivity index (χ1n) is 31.2. The van der Waals surface area contributed by atoms with Crippen molar-refractivity contribution >= 4 is 13.7 Å². The maximum atomic E-state index is 13.0. The summed E-state index contributed by atoms with van der Waals surface area (Å²) in [4.78, 5) is 25.6. The van der Waals surface area contributed by atoms with Crippen LogP contribution in [0.1, 0.15) is 258 Å². The number of nitrogens with zero attached hydrogens (tertiary/aromatic N) is 1. The highest BCUT2D eigenvalue weighted by atomic mass is 31.2. The van der Waals surface area contributed by atoms with Gasteiger partial charge < -0.3 is 28.8 Å². The lowest BCUT2D eigenvalue weighted by Crippen LogP contribution is -2.45. The van der Waals surface area contributed by atoms with Crippen molar-refractivity contribution in [1.29, 1.82) is 0 Å². The molecule has 0 radical (unpaired) electrons. The van der Waals surface area contributed by atoms with Crippen LogP contribution in [0, 0.1) is 0 Å². The molecule has 9 heteroatoms. The van der Waals surface area contributed by atoms with E-state index in [1.165, 1.54) is 141 Å². The largest absolute Gasteiger partial charge is 0.756 e. The molecule has 0 aliphatic carbocycles. The van der Waals surface area contributed by atoms with Gasteiger partial charge in [0.05, 0.1) is 39.9 Å². The average molecular weight is 1080 g/mol. The minimum absolute atomic E-state index is 0.0143. The smallest absolute Gasteiger partial charge is 0.268 e. The predicted octanol–water partition coefficient (Wildman–Crippen LogP) is 18.9. The van der Waals surface area contributed by atoms with Crippen LogP contribution in [0.5, 0.6) is 0 Å². The number of unbranched alkanes of at least 4 members (excludes halogenated alkanes) is 27. The number of phosphoric acid groups is 1. The molecule has 2 N–H and O–H groups in total. The molecule has 1 amide bonds. The molecular formula is C67H119N2O6P. The Hall–Kier alpha value is -2.84. The second-order valence-corrected chi connectivity index (χ2v) is 23.4. The van der Waals surface area contributed by atoms with Gasteiger partial charge in [-0.1, -0.05) is 271 Å². The topological polar surface area (TPSA) is 108 Å². The van der Waals surface area contributed by atoms with Gasteiger partial charge in [-0.05, 0) is 89.9 Å². The van der Waals surface area contributed by atoms with Crippen LogP contribution in [0.2, 0.25) is 0 Å². The second kappa shape index (κ2) is 56.9. The Morgan fingerprint density at radius 1 is 0.474 bits per heavy atom. The van der Waals surface area contributed by atoms with Crippen LogP contribution in [0.15, 0.2) is 109 Å². The van der Waals surface area contributed by atoms with Crippen LogP contribution in [0.4, 0.5) is 0 Å². The standard InChI is InChI=1S/C67H119N2O6P/c1-6-8-10-12-14-16-18-20-22-24-26-28-30-32-33-34-35-37-39-41-43-45-47-49-51-53-55-57-59-61-67(71)68-65(64-75-76(72,73)74-63-62-69(3,4)5)66(70)60-58-56-54-52-50-48-46-44-42-40-38-36-31-29-27-25-23-21-19-17-15-13-11-9-7-2/h8,10,14,16,20,22,26,28,32-33,35,37,41,43,50,52,58,60,65-66,70H,6-7,9,11-13,15,17-19,21,23-25,27,29-31,34,36,38-40,42,44-49,51,53-57,59,61-64H2,1-5H3,(H-,68,71,72,73)/b10-8-,16-14-,22-20-,28-26-,33-32-,37-35-,43-41-,52-50+,60-58+. The monoisotopic (exact) mass is 1080 g/mol. The number of carbonyl (C=O) groups excluding carboxylic acids is 1. The van der Waals surface area contributed by atoms with Gasteiger partial charge in [-0.15, -0.1) is 0 Å². The van der Waals surface area contributed by atoms with Crippen LogP contribution in [-0.2, 0) is 18.4 Å². The summed E-state index contributed by atoms with van der Waals surface area (Å²) >= 11 is 0.